The maximum absolute atomic E-state index is 13.6. The number of nitrogens with one attached hydrogen (secondary N) is 1. The Morgan fingerprint density at radius 3 is 2.61 bits per heavy atom. The smallest absolute Gasteiger partial charge is 0.276 e. The molecule has 3 rings (SSSR count). The van der Waals surface area contributed by atoms with Gasteiger partial charge in [0.1, 0.15) is 11.5 Å². The summed E-state index contributed by atoms with van der Waals surface area (Å²) in [6, 6.07) is 9.30. The average molecular weight is 312 g/mol. The molecule has 6 heteroatoms. The van der Waals surface area contributed by atoms with Crippen molar-refractivity contribution in [3.63, 3.8) is 0 Å². The van der Waals surface area contributed by atoms with E-state index < -0.39 is 11.7 Å². The zero-order valence-electron chi connectivity index (χ0n) is 13.2. The normalized spacial score (nSPS) is 11.7. The summed E-state index contributed by atoms with van der Waals surface area (Å²) < 4.78 is 15.2. The average Bonchev–Trinajstić information content (AvgIpc) is 2.92. The largest absolute Gasteiger partial charge is 0.318 e. The molecule has 0 radical (unpaired) electrons. The number of rotatable bonds is 2. The van der Waals surface area contributed by atoms with Gasteiger partial charge in [-0.1, -0.05) is 32.9 Å². The van der Waals surface area contributed by atoms with E-state index in [-0.39, 0.29) is 16.8 Å². The summed E-state index contributed by atoms with van der Waals surface area (Å²) in [6.45, 7) is 6.17. The first-order valence-corrected chi connectivity index (χ1v) is 7.27. The summed E-state index contributed by atoms with van der Waals surface area (Å²) in [5, 5.41) is 6.77. The van der Waals surface area contributed by atoms with Gasteiger partial charge in [0.15, 0.2) is 5.65 Å². The third-order valence-electron chi connectivity index (χ3n) is 3.44. The number of para-hydroxylation sites is 1. The molecule has 23 heavy (non-hydrogen) atoms. The highest BCUT2D eigenvalue weighted by Gasteiger charge is 2.19. The second-order valence-corrected chi connectivity index (χ2v) is 6.33. The van der Waals surface area contributed by atoms with Crippen molar-refractivity contribution in [1.82, 2.24) is 14.6 Å². The van der Waals surface area contributed by atoms with Gasteiger partial charge in [-0.2, -0.15) is 5.10 Å². The Labute approximate surface area is 133 Å². The van der Waals surface area contributed by atoms with Crippen LogP contribution in [0.4, 0.5) is 10.1 Å². The SMILES string of the molecule is CC(C)(C)c1cn2nc(C(=O)Nc3ccccc3F)ccc2n1. The van der Waals surface area contributed by atoms with Crippen LogP contribution < -0.4 is 5.32 Å². The first kappa shape index (κ1) is 15.1. The Morgan fingerprint density at radius 2 is 1.91 bits per heavy atom. The topological polar surface area (TPSA) is 59.3 Å². The lowest BCUT2D eigenvalue weighted by Gasteiger charge is -2.13. The van der Waals surface area contributed by atoms with Crippen LogP contribution in [0.3, 0.4) is 0 Å². The van der Waals surface area contributed by atoms with Crippen LogP contribution >= 0.6 is 0 Å². The predicted molar refractivity (Wildman–Crippen MR) is 86.0 cm³/mol. The van der Waals surface area contributed by atoms with Gasteiger partial charge in [-0.3, -0.25) is 4.79 Å². The minimum Gasteiger partial charge on any atom is -0.318 e. The monoisotopic (exact) mass is 312 g/mol. The van der Waals surface area contributed by atoms with E-state index in [1.54, 1.807) is 35.0 Å². The Hall–Kier alpha value is -2.76. The first-order chi connectivity index (χ1) is 10.8. The molecule has 1 amide bonds. The Balaban J connectivity index is 1.91. The Kier molecular flexibility index (Phi) is 3.60. The second kappa shape index (κ2) is 5.46. The molecular formula is C17H17FN4O. The van der Waals surface area contributed by atoms with E-state index in [9.17, 15) is 9.18 Å². The number of aromatic nitrogens is 3. The van der Waals surface area contributed by atoms with Crippen LogP contribution in [0.2, 0.25) is 0 Å². The molecule has 0 saturated carbocycles. The first-order valence-electron chi connectivity index (χ1n) is 7.27. The molecule has 2 aromatic heterocycles. The van der Waals surface area contributed by atoms with Gasteiger partial charge >= 0.3 is 0 Å². The lowest BCUT2D eigenvalue weighted by molar-refractivity contribution is 0.102. The third kappa shape index (κ3) is 3.06. The van der Waals surface area contributed by atoms with Gasteiger partial charge in [-0.15, -0.1) is 0 Å². The molecule has 1 aromatic carbocycles. The van der Waals surface area contributed by atoms with Gasteiger partial charge in [0, 0.05) is 5.41 Å². The van der Waals surface area contributed by atoms with Gasteiger partial charge in [-0.25, -0.2) is 13.9 Å². The van der Waals surface area contributed by atoms with Crippen LogP contribution in [-0.4, -0.2) is 20.5 Å². The van der Waals surface area contributed by atoms with E-state index in [1.807, 2.05) is 0 Å². The number of anilines is 1. The standard InChI is InChI=1S/C17H17FN4O/c1-17(2,3)14-10-22-15(20-14)9-8-13(21-22)16(23)19-12-7-5-4-6-11(12)18/h4-10H,1-3H3,(H,19,23). The molecule has 5 nitrogen and oxygen atoms in total. The quantitative estimate of drug-likeness (QED) is 0.789. The maximum atomic E-state index is 13.6. The van der Waals surface area contributed by atoms with Crippen molar-refractivity contribution in [3.8, 4) is 0 Å². The number of hydrogen-bond acceptors (Lipinski definition) is 3. The maximum Gasteiger partial charge on any atom is 0.276 e. The summed E-state index contributed by atoms with van der Waals surface area (Å²) in [7, 11) is 0. The fourth-order valence-corrected chi connectivity index (χ4v) is 2.11. The summed E-state index contributed by atoms with van der Waals surface area (Å²) in [4.78, 5) is 16.7. The number of benzene rings is 1. The molecule has 3 aromatic rings. The summed E-state index contributed by atoms with van der Waals surface area (Å²) >= 11 is 0. The molecule has 0 aliphatic carbocycles. The summed E-state index contributed by atoms with van der Waals surface area (Å²) in [5.41, 5.74) is 1.76. The second-order valence-electron chi connectivity index (χ2n) is 6.33. The van der Waals surface area contributed by atoms with Crippen LogP contribution in [0.5, 0.6) is 0 Å². The molecule has 118 valence electrons. The van der Waals surface area contributed by atoms with Crippen LogP contribution in [0, 0.1) is 5.82 Å². The van der Waals surface area contributed by atoms with Crippen molar-refractivity contribution in [1.29, 1.82) is 0 Å². The third-order valence-corrected chi connectivity index (χ3v) is 3.44. The number of carbonyl (C=O) groups is 1. The highest BCUT2D eigenvalue weighted by Crippen LogP contribution is 2.21. The number of halogens is 1. The molecule has 0 aliphatic rings. The molecule has 0 atom stereocenters. The van der Waals surface area contributed by atoms with Crippen molar-refractivity contribution in [3.05, 3.63) is 59.8 Å². The van der Waals surface area contributed by atoms with Crippen molar-refractivity contribution < 1.29 is 9.18 Å². The number of fused-ring (bicyclic) bond motifs is 1. The predicted octanol–water partition coefficient (Wildman–Crippen LogP) is 3.42. The minimum atomic E-state index is -0.487. The van der Waals surface area contributed by atoms with E-state index >= 15 is 0 Å². The molecule has 0 fully saturated rings. The highest BCUT2D eigenvalue weighted by atomic mass is 19.1. The molecule has 0 saturated heterocycles. The van der Waals surface area contributed by atoms with Crippen LogP contribution in [0.1, 0.15) is 37.0 Å². The molecule has 2 heterocycles. The van der Waals surface area contributed by atoms with Crippen LogP contribution in [-0.2, 0) is 5.41 Å². The fourth-order valence-electron chi connectivity index (χ4n) is 2.11. The summed E-state index contributed by atoms with van der Waals surface area (Å²) in [6.07, 6.45) is 1.80. The van der Waals surface area contributed by atoms with Crippen molar-refractivity contribution in [2.24, 2.45) is 0 Å². The zero-order valence-corrected chi connectivity index (χ0v) is 13.2. The van der Waals surface area contributed by atoms with E-state index in [0.717, 1.165) is 5.69 Å². The lowest BCUT2D eigenvalue weighted by Crippen LogP contribution is -2.16. The number of amides is 1. The van der Waals surface area contributed by atoms with Gasteiger partial charge in [0.25, 0.3) is 5.91 Å². The molecule has 0 aliphatic heterocycles. The zero-order chi connectivity index (χ0) is 16.6. The van der Waals surface area contributed by atoms with E-state index in [0.29, 0.717) is 5.65 Å². The van der Waals surface area contributed by atoms with Gasteiger partial charge in [0.2, 0.25) is 0 Å². The fraction of sp³-hybridized carbons (Fsp3) is 0.235. The Bertz CT molecular complexity index is 880. The number of imidazole rings is 1. The van der Waals surface area contributed by atoms with Gasteiger partial charge in [-0.05, 0) is 24.3 Å². The molecule has 1 N–H and O–H groups in total. The van der Waals surface area contributed by atoms with Gasteiger partial charge in [0.05, 0.1) is 17.6 Å². The number of hydrogen-bond donors (Lipinski definition) is 1. The highest BCUT2D eigenvalue weighted by molar-refractivity contribution is 6.02. The molecule has 0 bridgehead atoms. The minimum absolute atomic E-state index is 0.108. The Morgan fingerprint density at radius 1 is 1.17 bits per heavy atom. The molecular weight excluding hydrogens is 295 g/mol. The lowest BCUT2D eigenvalue weighted by atomic mass is 9.93. The van der Waals surface area contributed by atoms with Crippen molar-refractivity contribution >= 4 is 17.2 Å². The molecule has 0 spiro atoms. The summed E-state index contributed by atoms with van der Waals surface area (Å²) in [5.74, 6) is -0.956. The van der Waals surface area contributed by atoms with Gasteiger partial charge < -0.3 is 5.32 Å². The van der Waals surface area contributed by atoms with Crippen LogP contribution in [0.25, 0.3) is 5.65 Å². The number of nitrogens with zero attached hydrogens (tertiary/aromatic N) is 3. The van der Waals surface area contributed by atoms with E-state index in [2.05, 4.69) is 36.2 Å². The van der Waals surface area contributed by atoms with E-state index in [1.165, 1.54) is 12.1 Å². The number of carbonyl (C=O) groups excluding carboxylic acids is 1. The van der Waals surface area contributed by atoms with Crippen LogP contribution in [0.15, 0.2) is 42.6 Å². The van der Waals surface area contributed by atoms with E-state index in [4.69, 9.17) is 0 Å². The molecule has 0 unspecified atom stereocenters. The van der Waals surface area contributed by atoms with Crippen molar-refractivity contribution in [2.75, 3.05) is 5.32 Å². The van der Waals surface area contributed by atoms with Crippen molar-refractivity contribution in [2.45, 2.75) is 26.2 Å².